The van der Waals surface area contributed by atoms with Gasteiger partial charge in [0, 0.05) is 89.0 Å². The number of aromatic amines is 2. The van der Waals surface area contributed by atoms with Crippen LogP contribution in [0.5, 0.6) is 0 Å². The quantitative estimate of drug-likeness (QED) is 0.0148. The van der Waals surface area contributed by atoms with E-state index in [0.717, 1.165) is 20.0 Å². The van der Waals surface area contributed by atoms with Gasteiger partial charge >= 0.3 is 56.4 Å². The highest BCUT2D eigenvalue weighted by Crippen LogP contribution is 2.58. The lowest BCUT2D eigenvalue weighted by atomic mass is 10.1. The molecule has 18 N–H and O–H groups in total. The molecule has 0 bridgehead atoms. The van der Waals surface area contributed by atoms with Gasteiger partial charge in [-0.3, -0.25) is 65.1 Å². The number of aromatic nitrogens is 16. The van der Waals surface area contributed by atoms with Crippen LogP contribution in [0.1, 0.15) is 79.4 Å². The summed E-state index contributed by atoms with van der Waals surface area (Å²) in [5.74, 6) is -0.817. The first-order chi connectivity index (χ1) is 68.9. The third kappa shape index (κ3) is 27.3. The van der Waals surface area contributed by atoms with Crippen LogP contribution in [0.15, 0.2) is 72.5 Å². The van der Waals surface area contributed by atoms with Crippen molar-refractivity contribution in [3.05, 3.63) is 129 Å². The molecule has 10 unspecified atom stereocenters. The van der Waals surface area contributed by atoms with Crippen LogP contribution in [-0.4, -0.2) is 345 Å². The standard InChI is InChI=1S/C76H112N21O38P5S5/c1-11-39-40(22-46(125-39)92-26-38(5)65(99)91-76(92)104)131-136(105,141)121-28-42-50(55(116-18-13-111-7)68(127-42)94-24-36(3)60(78)87-74(94)102)132-138(107,143)122-29-43-51(56(117-19-14-112-8)69(128-43)95-25-37(4)61(79)88-75(95)103)133-139(108,144)123-30-44-52(57(118-20-15-113-9)70(129-44)96-33-84-47-62(80)82-32-83-63(47)96)135-140(109,145)124-31-45-53(58(119-21-16-114-10)71(130-45)97-34-85-48-64(97)89-72(81)90-66(48)100)134-137(106,142)120-27-41-49(98)54(115-17-12-110-6)67(126-41)93-23-35(2)59(77)86-73(93)101/h23-26,32-34,39-46,49-58,67-71,98H,11-22,27-31H2,1-10H3,(H,105,141)(H,106,142)(H,107,143)(H,108,144)(H,109,145)(H2,77,86,101)(H2,78,87,102)(H2,79,88,103)(H2,80,82,83)(H,91,99,104)(H3,81,89,90,100)/t39-,40-,41-,42-,43-,44-,45-,46-,49+,50+,51+,52+,53+,54?,55?,56?,57?,58?,67-,68-,69-,70-,71-,136?,137?,138?,139?,140?/m1/s1. The van der Waals surface area contributed by atoms with Crippen molar-refractivity contribution < 1.29 is 151 Å². The van der Waals surface area contributed by atoms with Crippen LogP contribution in [0, 0.1) is 27.7 Å². The van der Waals surface area contributed by atoms with Gasteiger partial charge in [-0.05, 0) is 93.2 Å². The van der Waals surface area contributed by atoms with Crippen LogP contribution in [-0.2, 0) is 180 Å². The fourth-order valence-electron chi connectivity index (χ4n) is 16.5. The van der Waals surface area contributed by atoms with Gasteiger partial charge < -0.3 is 161 Å². The number of imidazole rings is 2. The number of fused-ring (bicyclic) bond motifs is 2. The highest BCUT2D eigenvalue weighted by molar-refractivity contribution is 8.08. The second-order valence-electron chi connectivity index (χ2n) is 33.3. The second kappa shape index (κ2) is 49.3. The Labute approximate surface area is 847 Å². The summed E-state index contributed by atoms with van der Waals surface area (Å²) in [4.78, 5) is 181. The highest BCUT2D eigenvalue weighted by Gasteiger charge is 2.58. The molecule has 59 nitrogen and oxygen atoms in total. The largest absolute Gasteiger partial charge is 0.387 e. The summed E-state index contributed by atoms with van der Waals surface area (Å²) >= 11 is 29.1. The topological polar surface area (TPSA) is 758 Å². The summed E-state index contributed by atoms with van der Waals surface area (Å²) in [5.41, 5.74) is 26.5. The molecule has 69 heteroatoms. The van der Waals surface area contributed by atoms with Gasteiger partial charge in [0.15, 0.2) is 53.8 Å². The van der Waals surface area contributed by atoms with Crippen LogP contribution in [0.25, 0.3) is 22.3 Å². The Balaban J connectivity index is 0.761. The number of H-pyrrole nitrogens is 2. The predicted octanol–water partition coefficient (Wildman–Crippen LogP) is -1.78. The van der Waals surface area contributed by atoms with Crippen LogP contribution in [0.2, 0.25) is 0 Å². The van der Waals surface area contributed by atoms with Crippen molar-refractivity contribution in [1.82, 2.24) is 77.2 Å². The molecule has 6 aliphatic heterocycles. The molecule has 14 heterocycles. The zero-order valence-electron chi connectivity index (χ0n) is 79.0. The lowest BCUT2D eigenvalue weighted by molar-refractivity contribution is -0.0834. The van der Waals surface area contributed by atoms with Crippen LogP contribution in [0.3, 0.4) is 0 Å². The summed E-state index contributed by atoms with van der Waals surface area (Å²) in [7, 11) is 6.90. The smallest absolute Gasteiger partial charge is 0.351 e. The number of aryl methyl sites for hydroxylation is 4. The summed E-state index contributed by atoms with van der Waals surface area (Å²) < 4.78 is 167. The van der Waals surface area contributed by atoms with Gasteiger partial charge in [-0.1, -0.05) is 6.92 Å². The molecule has 28 atom stereocenters. The van der Waals surface area contributed by atoms with Gasteiger partial charge in [0.25, 0.3) is 11.1 Å². The summed E-state index contributed by atoms with van der Waals surface area (Å²) in [6, 6.07) is 0. The molecule has 14 rings (SSSR count). The molecule has 6 aliphatic rings. The van der Waals surface area contributed by atoms with E-state index >= 15 is 0 Å². The van der Waals surface area contributed by atoms with Gasteiger partial charge in [-0.2, -0.15) is 19.9 Å². The Bertz CT molecular complexity index is 6500. The third-order valence-electron chi connectivity index (χ3n) is 23.5. The Morgan fingerprint density at radius 2 is 0.717 bits per heavy atom. The number of nitrogens with zero attached hydrogens (tertiary/aromatic N) is 14. The molecule has 0 amide bonds. The monoisotopic (exact) mass is 2240 g/mol. The first-order valence-corrected chi connectivity index (χ1v) is 57.3. The van der Waals surface area contributed by atoms with E-state index in [4.69, 9.17) is 209 Å². The fourth-order valence-corrected chi connectivity index (χ4v) is 23.7. The van der Waals surface area contributed by atoms with Crippen LogP contribution >= 0.6 is 33.6 Å². The Morgan fingerprint density at radius 3 is 1.10 bits per heavy atom. The average Bonchev–Trinajstić information content (AvgIpc) is 1.61. The lowest BCUT2D eigenvalue weighted by Gasteiger charge is -2.31. The van der Waals surface area contributed by atoms with Crippen molar-refractivity contribution in [1.29, 1.82) is 0 Å². The van der Waals surface area contributed by atoms with Gasteiger partial charge in [0.1, 0.15) is 127 Å². The van der Waals surface area contributed by atoms with Gasteiger partial charge in [0.05, 0.1) is 124 Å². The zero-order valence-corrected chi connectivity index (χ0v) is 87.6. The van der Waals surface area contributed by atoms with E-state index in [2.05, 4.69) is 49.8 Å². The van der Waals surface area contributed by atoms with Crippen molar-refractivity contribution in [2.24, 2.45) is 0 Å². The highest BCUT2D eigenvalue weighted by atomic mass is 32.5. The number of hydrogen-bond acceptors (Lipinski definition) is 51. The normalized spacial score (nSPS) is 29.2. The average molecular weight is 2240 g/mol. The van der Waals surface area contributed by atoms with Crippen molar-refractivity contribution >= 4 is 144 Å². The van der Waals surface area contributed by atoms with E-state index in [1.165, 1.54) is 101 Å². The first-order valence-electron chi connectivity index (χ1n) is 44.3. The Kier molecular flexibility index (Phi) is 38.7. The van der Waals surface area contributed by atoms with Gasteiger partial charge in [-0.15, -0.1) is 0 Å². The molecule has 8 aromatic heterocycles. The van der Waals surface area contributed by atoms with E-state index in [9.17, 15) is 58.3 Å². The molecule has 145 heavy (non-hydrogen) atoms. The van der Waals surface area contributed by atoms with Crippen molar-refractivity contribution in [3.63, 3.8) is 0 Å². The van der Waals surface area contributed by atoms with E-state index in [-0.39, 0.29) is 142 Å². The first kappa shape index (κ1) is 114. The molecule has 0 aromatic carbocycles. The fraction of sp³-hybridized carbons (Fsp3) is 0.658. The number of aliphatic hydroxyl groups excluding tert-OH is 1. The molecular weight excluding hydrogens is 2130 g/mol. The van der Waals surface area contributed by atoms with Crippen molar-refractivity contribution in [2.45, 2.75) is 189 Å². The number of hydrogen-bond donors (Lipinski definition) is 13. The van der Waals surface area contributed by atoms with Crippen molar-refractivity contribution in [2.75, 3.05) is 163 Å². The van der Waals surface area contributed by atoms with Crippen LogP contribution < -0.4 is 62.5 Å². The number of nitrogens with two attached hydrogens (primary N) is 5. The molecular formula is C76H112N21O38P5S5. The van der Waals surface area contributed by atoms with Gasteiger partial charge in [0.2, 0.25) is 5.95 Å². The minimum absolute atomic E-state index is 0.0489. The maximum absolute atomic E-state index is 14.2. The molecule has 0 spiro atoms. The number of nitrogens with one attached hydrogen (secondary N) is 2. The summed E-state index contributed by atoms with van der Waals surface area (Å²) in [5, 5.41) is 11.9. The summed E-state index contributed by atoms with van der Waals surface area (Å²) in [6.07, 6.45) is -25.5. The number of rotatable bonds is 52. The van der Waals surface area contributed by atoms with E-state index in [1.807, 2.05) is 0 Å². The predicted molar refractivity (Wildman–Crippen MR) is 520 cm³/mol. The number of aliphatic hydroxyl groups is 1. The molecule has 8 aromatic rings. The number of nitrogen functional groups attached to an aromatic ring is 5. The van der Waals surface area contributed by atoms with Gasteiger partial charge in [-0.25, -0.2) is 39.1 Å². The van der Waals surface area contributed by atoms with Crippen molar-refractivity contribution in [3.8, 4) is 0 Å². The molecule has 0 aliphatic carbocycles. The second-order valence-corrected chi connectivity index (χ2v) is 47.3. The Morgan fingerprint density at radius 1 is 0.379 bits per heavy atom. The maximum atomic E-state index is 14.2. The minimum Gasteiger partial charge on any atom is -0.387 e. The number of methoxy groups -OCH3 is 5. The molecule has 0 radical (unpaired) electrons. The SMILES string of the molecule is CC[C@H]1O[C@@H](n2cc(C)c(=O)[nH]c2=O)C[C@H]1OP(O)(=S)OC[C@H]1O[C@@H](n2cc(C)c(N)nc2=O)C(OCCOC)[C@H]1OP(O)(=S)OC[C@H]1O[C@@H](n2cc(C)c(N)nc2=O)C(OCCOC)[C@H]1OP(O)(=S)OC[C@H]1O[C@@H](n2cnc3c(N)ncnc32)C(OCCOC)[C@H]1OP(O)(=S)OC[C@H]1O[C@@H](n2cnc3c(=O)[nH]c(N)nc32)C(OCCOC)[C@H]1OP(O)(=S)OC[C@H]1O[C@@H](n2cc(C)c(N)nc2=O)C(OCCOC)[C@H]1O. The molecule has 0 saturated carbocycles. The zero-order chi connectivity index (χ0) is 105. The Hall–Kier alpha value is -6.81. The molecule has 6 fully saturated rings. The molecule has 6 saturated heterocycles. The van der Waals surface area contributed by atoms with Crippen LogP contribution in [0.4, 0.5) is 29.2 Å². The molecule has 804 valence electrons. The van der Waals surface area contributed by atoms with E-state index in [1.54, 1.807) is 20.8 Å². The lowest BCUT2D eigenvalue weighted by Crippen LogP contribution is -2.41. The number of anilines is 5. The summed E-state index contributed by atoms with van der Waals surface area (Å²) in [6.45, 7) is -22.2. The third-order valence-corrected chi connectivity index (χ3v) is 31.3. The van der Waals surface area contributed by atoms with E-state index < -0.39 is 242 Å². The minimum atomic E-state index is -5.04. The van der Waals surface area contributed by atoms with E-state index in [0.29, 0.717) is 11.1 Å². The number of ether oxygens (including phenoxy) is 16. The maximum Gasteiger partial charge on any atom is 0.351 e.